The van der Waals surface area contributed by atoms with Crippen LogP contribution in [-0.4, -0.2) is 11.6 Å². The van der Waals surface area contributed by atoms with Crippen LogP contribution in [-0.2, 0) is 22.4 Å². The van der Waals surface area contributed by atoms with E-state index in [0.29, 0.717) is 11.1 Å². The molecule has 4 N–H and O–H groups in total. The van der Waals surface area contributed by atoms with Gasteiger partial charge in [-0.05, 0) is 47.2 Å². The first-order valence-corrected chi connectivity index (χ1v) is 11.2. The van der Waals surface area contributed by atoms with E-state index in [0.717, 1.165) is 36.8 Å². The van der Waals surface area contributed by atoms with Crippen LogP contribution in [0.5, 0.6) is 0 Å². The Morgan fingerprint density at radius 2 is 0.938 bits per heavy atom. The number of ketones is 2. The van der Waals surface area contributed by atoms with Crippen molar-refractivity contribution >= 4 is 22.7 Å². The van der Waals surface area contributed by atoms with Crippen LogP contribution >= 0.6 is 0 Å². The number of fused-ring (bicyclic) bond motifs is 1. The lowest BCUT2D eigenvalue weighted by Gasteiger charge is -2.25. The second kappa shape index (κ2) is 8.83. The summed E-state index contributed by atoms with van der Waals surface area (Å²) in [6.45, 7) is 4.26. The van der Waals surface area contributed by atoms with Crippen LogP contribution in [0.3, 0.4) is 0 Å². The van der Waals surface area contributed by atoms with E-state index in [4.69, 9.17) is 11.5 Å². The topological polar surface area (TPSA) is 86.2 Å². The second-order valence-electron chi connectivity index (χ2n) is 8.33. The summed E-state index contributed by atoms with van der Waals surface area (Å²) in [5.74, 6) is -0.534. The van der Waals surface area contributed by atoms with Crippen LogP contribution in [0.4, 0.5) is 0 Å². The van der Waals surface area contributed by atoms with Gasteiger partial charge in [-0.2, -0.15) is 0 Å². The molecule has 0 saturated carbocycles. The van der Waals surface area contributed by atoms with Crippen LogP contribution in [0.2, 0.25) is 0 Å². The van der Waals surface area contributed by atoms with Crippen LogP contribution in [0, 0.1) is 0 Å². The Kier molecular flexibility index (Phi) is 5.95. The lowest BCUT2D eigenvalue weighted by atomic mass is 9.77. The molecule has 0 aromatic heterocycles. The summed E-state index contributed by atoms with van der Waals surface area (Å²) < 4.78 is 0. The molecule has 0 unspecified atom stereocenters. The van der Waals surface area contributed by atoms with Crippen molar-refractivity contribution in [2.24, 2.45) is 11.5 Å². The summed E-state index contributed by atoms with van der Waals surface area (Å²) in [5.41, 5.74) is 18.5. The minimum absolute atomic E-state index is 0.203. The number of aryl methyl sites for hydroxylation is 2. The van der Waals surface area contributed by atoms with E-state index in [2.05, 4.69) is 13.8 Å². The van der Waals surface area contributed by atoms with Crippen molar-refractivity contribution in [2.45, 2.75) is 39.5 Å². The smallest absolute Gasteiger partial charge is 0.196 e. The molecule has 0 spiro atoms. The van der Waals surface area contributed by atoms with Gasteiger partial charge in [-0.1, -0.05) is 75.2 Å². The monoisotopic (exact) mass is 424 g/mol. The van der Waals surface area contributed by atoms with Crippen molar-refractivity contribution in [3.05, 3.63) is 105 Å². The van der Waals surface area contributed by atoms with Crippen molar-refractivity contribution in [3.8, 4) is 0 Å². The van der Waals surface area contributed by atoms with E-state index in [-0.39, 0.29) is 34.1 Å². The largest absolute Gasteiger partial charge is 0.398 e. The first kappa shape index (κ1) is 21.6. The van der Waals surface area contributed by atoms with E-state index in [1.807, 2.05) is 48.5 Å². The summed E-state index contributed by atoms with van der Waals surface area (Å²) in [6.07, 6.45) is 7.30. The third-order valence-corrected chi connectivity index (χ3v) is 5.98. The summed E-state index contributed by atoms with van der Waals surface area (Å²) in [4.78, 5) is 26.7. The highest BCUT2D eigenvalue weighted by Crippen LogP contribution is 2.38. The first-order valence-electron chi connectivity index (χ1n) is 11.2. The molecule has 0 aliphatic heterocycles. The van der Waals surface area contributed by atoms with E-state index < -0.39 is 0 Å². The van der Waals surface area contributed by atoms with Crippen LogP contribution in [0.25, 0.3) is 11.1 Å². The number of carbonyl (C=O) groups excluding carboxylic acids is 2. The molecule has 4 heteroatoms. The van der Waals surface area contributed by atoms with Gasteiger partial charge < -0.3 is 11.5 Å². The first-order chi connectivity index (χ1) is 15.4. The zero-order valence-electron chi connectivity index (χ0n) is 18.6. The SMILES string of the molecule is CCCc1ccc(C2=CC(N)=C3C(=O)C(c4ccc(CCC)cc4)=CC(N)=C3C2=O)cc1. The highest BCUT2D eigenvalue weighted by molar-refractivity contribution is 6.42. The fourth-order valence-corrected chi connectivity index (χ4v) is 4.34. The average Bonchev–Trinajstić information content (AvgIpc) is 2.79. The predicted octanol–water partition coefficient (Wildman–Crippen LogP) is 4.65. The van der Waals surface area contributed by atoms with Crippen LogP contribution in [0.15, 0.2) is 83.2 Å². The Labute approximate surface area is 189 Å². The van der Waals surface area contributed by atoms with E-state index in [1.54, 1.807) is 12.2 Å². The number of hydrogen-bond donors (Lipinski definition) is 2. The number of nitrogens with two attached hydrogens (primary N) is 2. The molecular weight excluding hydrogens is 396 g/mol. The minimum atomic E-state index is -0.267. The summed E-state index contributed by atoms with van der Waals surface area (Å²) >= 11 is 0. The maximum atomic E-state index is 13.4. The van der Waals surface area contributed by atoms with Gasteiger partial charge in [0, 0.05) is 22.5 Å². The minimum Gasteiger partial charge on any atom is -0.398 e. The molecule has 4 nitrogen and oxygen atoms in total. The predicted molar refractivity (Wildman–Crippen MR) is 129 cm³/mol. The number of hydrogen-bond acceptors (Lipinski definition) is 4. The summed E-state index contributed by atoms with van der Waals surface area (Å²) in [7, 11) is 0. The molecule has 0 saturated heterocycles. The average molecular weight is 425 g/mol. The van der Waals surface area contributed by atoms with Gasteiger partial charge in [-0.25, -0.2) is 0 Å². The third kappa shape index (κ3) is 3.84. The maximum Gasteiger partial charge on any atom is 0.196 e. The highest BCUT2D eigenvalue weighted by Gasteiger charge is 2.36. The lowest BCUT2D eigenvalue weighted by molar-refractivity contribution is -0.113. The lowest BCUT2D eigenvalue weighted by Crippen LogP contribution is -2.28. The zero-order chi connectivity index (χ0) is 22.8. The number of Topliss-reactive ketones (excluding diaryl/α,β-unsaturated/α-hetero) is 2. The molecule has 0 radical (unpaired) electrons. The van der Waals surface area contributed by atoms with E-state index in [1.165, 1.54) is 11.1 Å². The molecule has 2 aromatic rings. The van der Waals surface area contributed by atoms with Gasteiger partial charge >= 0.3 is 0 Å². The third-order valence-electron chi connectivity index (χ3n) is 5.98. The van der Waals surface area contributed by atoms with Crippen molar-refractivity contribution in [2.75, 3.05) is 0 Å². The second-order valence-corrected chi connectivity index (χ2v) is 8.33. The molecule has 162 valence electrons. The highest BCUT2D eigenvalue weighted by atomic mass is 16.1. The molecule has 0 atom stereocenters. The number of allylic oxidation sites excluding steroid dienone is 6. The standard InChI is InChI=1S/C28H28N2O2/c1-3-5-17-7-11-19(12-8-17)21-15-23(29)26-25(27(21)31)24(30)16-22(28(26)32)20-13-9-18(6-4-2)10-14-20/h7-16H,3-6,29-30H2,1-2H3. The molecule has 0 bridgehead atoms. The van der Waals surface area contributed by atoms with Crippen molar-refractivity contribution in [3.63, 3.8) is 0 Å². The summed E-state index contributed by atoms with van der Waals surface area (Å²) in [6, 6.07) is 15.8. The number of benzene rings is 2. The summed E-state index contributed by atoms with van der Waals surface area (Å²) in [5, 5.41) is 0. The quantitative estimate of drug-likeness (QED) is 0.707. The molecule has 0 fully saturated rings. The Bertz CT molecular complexity index is 1110. The fraction of sp³-hybridized carbons (Fsp3) is 0.214. The van der Waals surface area contributed by atoms with Gasteiger partial charge in [0.1, 0.15) is 0 Å². The molecule has 0 heterocycles. The van der Waals surface area contributed by atoms with Crippen LogP contribution < -0.4 is 11.5 Å². The Hall–Kier alpha value is -3.66. The van der Waals surface area contributed by atoms with Gasteiger partial charge in [0.05, 0.1) is 11.1 Å². The molecule has 32 heavy (non-hydrogen) atoms. The fourth-order valence-electron chi connectivity index (χ4n) is 4.34. The normalized spacial score (nSPS) is 16.2. The zero-order valence-corrected chi connectivity index (χ0v) is 18.6. The molecule has 2 aromatic carbocycles. The van der Waals surface area contributed by atoms with Gasteiger partial charge in [-0.3, -0.25) is 9.59 Å². The van der Waals surface area contributed by atoms with E-state index >= 15 is 0 Å². The number of rotatable bonds is 6. The van der Waals surface area contributed by atoms with Crippen molar-refractivity contribution < 1.29 is 9.59 Å². The van der Waals surface area contributed by atoms with Gasteiger partial charge in [0.15, 0.2) is 11.6 Å². The van der Waals surface area contributed by atoms with Gasteiger partial charge in [0.25, 0.3) is 0 Å². The van der Waals surface area contributed by atoms with Crippen LogP contribution in [0.1, 0.15) is 48.9 Å². The number of carbonyl (C=O) groups is 2. The van der Waals surface area contributed by atoms with Gasteiger partial charge in [-0.15, -0.1) is 0 Å². The molecular formula is C28H28N2O2. The van der Waals surface area contributed by atoms with Gasteiger partial charge in [0.2, 0.25) is 0 Å². The van der Waals surface area contributed by atoms with Crippen molar-refractivity contribution in [1.82, 2.24) is 0 Å². The van der Waals surface area contributed by atoms with Crippen molar-refractivity contribution in [1.29, 1.82) is 0 Å². The molecule has 2 aliphatic rings. The van der Waals surface area contributed by atoms with E-state index in [9.17, 15) is 9.59 Å². The molecule has 2 aliphatic carbocycles. The molecule has 4 rings (SSSR count). The maximum absolute atomic E-state index is 13.4. The Morgan fingerprint density at radius 1 is 0.594 bits per heavy atom. The molecule has 0 amide bonds. The Morgan fingerprint density at radius 3 is 1.25 bits per heavy atom. The Balaban J connectivity index is 1.73.